The standard InChI is InChI=1S/C11H9Cl2N3OS/c1-6-2-8(12)3-7(10(6)13)4-14-16-11-15-9(17)5-18-11/h2-4H,5H2,1H3,(H,15,16,17). The van der Waals surface area contributed by atoms with Crippen LogP contribution in [0.15, 0.2) is 22.3 Å². The molecule has 0 aromatic heterocycles. The van der Waals surface area contributed by atoms with E-state index >= 15 is 0 Å². The molecule has 4 nitrogen and oxygen atoms in total. The number of thioether (sulfide) groups is 1. The first-order valence-corrected chi connectivity index (χ1v) is 6.80. The van der Waals surface area contributed by atoms with E-state index in [-0.39, 0.29) is 5.91 Å². The second-order valence-electron chi connectivity index (χ2n) is 3.61. The van der Waals surface area contributed by atoms with Crippen molar-refractivity contribution < 1.29 is 4.79 Å². The van der Waals surface area contributed by atoms with Gasteiger partial charge in [0.2, 0.25) is 5.91 Å². The Morgan fingerprint density at radius 1 is 1.44 bits per heavy atom. The highest BCUT2D eigenvalue weighted by atomic mass is 35.5. The molecule has 1 saturated heterocycles. The lowest BCUT2D eigenvalue weighted by molar-refractivity contribution is -0.116. The number of halogens is 2. The number of rotatable bonds is 2. The number of amides is 1. The van der Waals surface area contributed by atoms with Gasteiger partial charge in [-0.1, -0.05) is 35.0 Å². The maximum absolute atomic E-state index is 10.9. The zero-order valence-corrected chi connectivity index (χ0v) is 11.7. The van der Waals surface area contributed by atoms with Crippen molar-refractivity contribution in [3.05, 3.63) is 33.3 Å². The fraction of sp³-hybridized carbons (Fsp3) is 0.182. The van der Waals surface area contributed by atoms with Gasteiger partial charge in [-0.25, -0.2) is 0 Å². The van der Waals surface area contributed by atoms with Crippen molar-refractivity contribution in [3.63, 3.8) is 0 Å². The van der Waals surface area contributed by atoms with Crippen LogP contribution in [0.4, 0.5) is 0 Å². The molecule has 0 atom stereocenters. The van der Waals surface area contributed by atoms with E-state index in [0.29, 0.717) is 26.5 Å². The Morgan fingerprint density at radius 2 is 2.22 bits per heavy atom. The monoisotopic (exact) mass is 301 g/mol. The summed E-state index contributed by atoms with van der Waals surface area (Å²) in [6.07, 6.45) is 1.51. The lowest BCUT2D eigenvalue weighted by Gasteiger charge is -2.02. The smallest absolute Gasteiger partial charge is 0.236 e. The van der Waals surface area contributed by atoms with Crippen LogP contribution in [-0.2, 0) is 4.79 Å². The quantitative estimate of drug-likeness (QED) is 0.674. The zero-order chi connectivity index (χ0) is 13.1. The molecule has 0 unspecified atom stereocenters. The Balaban J connectivity index is 2.17. The third kappa shape index (κ3) is 3.25. The third-order valence-electron chi connectivity index (χ3n) is 2.18. The largest absolute Gasteiger partial charge is 0.303 e. The highest BCUT2D eigenvalue weighted by Crippen LogP contribution is 2.24. The second kappa shape index (κ2) is 5.73. The first kappa shape index (κ1) is 13.4. The second-order valence-corrected chi connectivity index (χ2v) is 5.39. The Labute approximate surface area is 118 Å². The molecule has 0 aliphatic carbocycles. The first-order chi connectivity index (χ1) is 8.56. The molecule has 1 aliphatic rings. The SMILES string of the molecule is Cc1cc(Cl)cc(C=NN=C2NC(=O)CS2)c1Cl. The van der Waals surface area contributed by atoms with Gasteiger partial charge in [-0.15, -0.1) is 5.10 Å². The zero-order valence-electron chi connectivity index (χ0n) is 9.41. The highest BCUT2D eigenvalue weighted by Gasteiger charge is 2.15. The van der Waals surface area contributed by atoms with E-state index in [1.165, 1.54) is 18.0 Å². The number of nitrogens with one attached hydrogen (secondary N) is 1. The van der Waals surface area contributed by atoms with Crippen LogP contribution in [0, 0.1) is 6.92 Å². The molecule has 7 heteroatoms. The summed E-state index contributed by atoms with van der Waals surface area (Å²) < 4.78 is 0. The van der Waals surface area contributed by atoms with E-state index in [1.54, 1.807) is 12.1 Å². The molecule has 1 aromatic carbocycles. The maximum atomic E-state index is 10.9. The van der Waals surface area contributed by atoms with Gasteiger partial charge in [0, 0.05) is 10.6 Å². The number of carbonyl (C=O) groups excluding carboxylic acids is 1. The van der Waals surface area contributed by atoms with Gasteiger partial charge < -0.3 is 5.32 Å². The number of aryl methyl sites for hydroxylation is 1. The van der Waals surface area contributed by atoms with E-state index in [0.717, 1.165) is 5.56 Å². The molecule has 18 heavy (non-hydrogen) atoms. The Morgan fingerprint density at radius 3 is 2.89 bits per heavy atom. The Hall–Kier alpha value is -1.04. The summed E-state index contributed by atoms with van der Waals surface area (Å²) in [5, 5.41) is 12.0. The third-order valence-corrected chi connectivity index (χ3v) is 3.78. The molecule has 0 spiro atoms. The minimum atomic E-state index is -0.0643. The Kier molecular flexibility index (Phi) is 4.27. The van der Waals surface area contributed by atoms with E-state index in [1.807, 2.05) is 6.92 Å². The number of carbonyl (C=O) groups is 1. The summed E-state index contributed by atoms with van der Waals surface area (Å²) in [5.41, 5.74) is 1.57. The summed E-state index contributed by atoms with van der Waals surface area (Å²) in [4.78, 5) is 10.9. The van der Waals surface area contributed by atoms with Crippen LogP contribution in [0.2, 0.25) is 10.0 Å². The van der Waals surface area contributed by atoms with Crippen molar-refractivity contribution >= 4 is 52.3 Å². The highest BCUT2D eigenvalue weighted by molar-refractivity contribution is 8.15. The fourth-order valence-electron chi connectivity index (χ4n) is 1.37. The van der Waals surface area contributed by atoms with Gasteiger partial charge in [0.25, 0.3) is 0 Å². The van der Waals surface area contributed by atoms with Gasteiger partial charge in [0.15, 0.2) is 5.17 Å². The molecule has 1 heterocycles. The molecule has 0 saturated carbocycles. The predicted molar refractivity (Wildman–Crippen MR) is 76.8 cm³/mol. The average molecular weight is 302 g/mol. The summed E-state index contributed by atoms with van der Waals surface area (Å²) >= 11 is 13.4. The number of amidine groups is 1. The molecular weight excluding hydrogens is 293 g/mol. The van der Waals surface area contributed by atoms with Crippen LogP contribution < -0.4 is 5.32 Å². The van der Waals surface area contributed by atoms with Crippen LogP contribution in [-0.4, -0.2) is 23.0 Å². The summed E-state index contributed by atoms with van der Waals surface area (Å²) in [5.74, 6) is 0.316. The van der Waals surface area contributed by atoms with Crippen LogP contribution in [0.25, 0.3) is 0 Å². The predicted octanol–water partition coefficient (Wildman–Crippen LogP) is 2.85. The van der Waals surface area contributed by atoms with Crippen molar-refractivity contribution in [2.75, 3.05) is 5.75 Å². The van der Waals surface area contributed by atoms with Gasteiger partial charge >= 0.3 is 0 Å². The molecule has 0 bridgehead atoms. The van der Waals surface area contributed by atoms with Gasteiger partial charge in [-0.2, -0.15) is 5.10 Å². The maximum Gasteiger partial charge on any atom is 0.236 e. The molecule has 1 aliphatic heterocycles. The van der Waals surface area contributed by atoms with Crippen LogP contribution >= 0.6 is 35.0 Å². The van der Waals surface area contributed by atoms with Crippen LogP contribution in [0.3, 0.4) is 0 Å². The minimum Gasteiger partial charge on any atom is -0.303 e. The number of hydrogen-bond donors (Lipinski definition) is 1. The summed E-state index contributed by atoms with van der Waals surface area (Å²) in [6.45, 7) is 1.87. The molecule has 0 radical (unpaired) electrons. The van der Waals surface area contributed by atoms with Crippen molar-refractivity contribution in [1.29, 1.82) is 0 Å². The summed E-state index contributed by atoms with van der Waals surface area (Å²) in [6, 6.07) is 3.49. The van der Waals surface area contributed by atoms with Crippen molar-refractivity contribution in [1.82, 2.24) is 5.32 Å². The minimum absolute atomic E-state index is 0.0643. The number of benzene rings is 1. The fourth-order valence-corrected chi connectivity index (χ4v) is 2.44. The first-order valence-electron chi connectivity index (χ1n) is 5.05. The summed E-state index contributed by atoms with van der Waals surface area (Å²) in [7, 11) is 0. The van der Waals surface area contributed by atoms with Gasteiger partial charge in [0.1, 0.15) is 0 Å². The Bertz CT molecular complexity index is 557. The van der Waals surface area contributed by atoms with Gasteiger partial charge in [-0.05, 0) is 24.6 Å². The van der Waals surface area contributed by atoms with Crippen LogP contribution in [0.5, 0.6) is 0 Å². The van der Waals surface area contributed by atoms with Crippen LogP contribution in [0.1, 0.15) is 11.1 Å². The lowest BCUT2D eigenvalue weighted by atomic mass is 10.1. The van der Waals surface area contributed by atoms with Crippen molar-refractivity contribution in [2.24, 2.45) is 10.2 Å². The number of nitrogens with zero attached hydrogens (tertiary/aromatic N) is 2. The molecule has 1 N–H and O–H groups in total. The molecule has 1 fully saturated rings. The van der Waals surface area contributed by atoms with Gasteiger partial charge in [0.05, 0.1) is 17.0 Å². The normalized spacial score (nSPS) is 17.7. The topological polar surface area (TPSA) is 53.8 Å². The molecule has 94 valence electrons. The molecule has 2 rings (SSSR count). The molecular formula is C11H9Cl2N3OS. The van der Waals surface area contributed by atoms with E-state index < -0.39 is 0 Å². The van der Waals surface area contributed by atoms with Crippen molar-refractivity contribution in [3.8, 4) is 0 Å². The van der Waals surface area contributed by atoms with Crippen molar-refractivity contribution in [2.45, 2.75) is 6.92 Å². The molecule has 1 amide bonds. The molecule has 1 aromatic rings. The van der Waals surface area contributed by atoms with E-state index in [2.05, 4.69) is 15.5 Å². The number of hydrogen-bond acceptors (Lipinski definition) is 4. The van der Waals surface area contributed by atoms with E-state index in [9.17, 15) is 4.79 Å². The average Bonchev–Trinajstić information content (AvgIpc) is 2.71. The lowest BCUT2D eigenvalue weighted by Crippen LogP contribution is -2.19. The van der Waals surface area contributed by atoms with E-state index in [4.69, 9.17) is 23.2 Å². The van der Waals surface area contributed by atoms with Gasteiger partial charge in [-0.3, -0.25) is 4.79 Å².